The number of carbonyl (C=O) groups excluding carboxylic acids is 2. The minimum Gasteiger partial charge on any atom is -0.494 e. The lowest BCUT2D eigenvalue weighted by molar-refractivity contribution is 0.0557. The molecule has 0 saturated carbocycles. The van der Waals surface area contributed by atoms with Crippen LogP contribution in [0.4, 0.5) is 10.5 Å². The van der Waals surface area contributed by atoms with Crippen molar-refractivity contribution in [2.24, 2.45) is 0 Å². The highest BCUT2D eigenvalue weighted by molar-refractivity contribution is 7.92. The summed E-state index contributed by atoms with van der Waals surface area (Å²) in [4.78, 5) is 31.5. The minimum atomic E-state index is -3.99. The number of carbonyl (C=O) groups is 2. The number of ether oxygens (including phenoxy) is 2. The molecule has 1 aliphatic rings. The fourth-order valence-electron chi connectivity index (χ4n) is 5.78. The lowest BCUT2D eigenvalue weighted by Crippen LogP contribution is -2.50. The molecule has 47 heavy (non-hydrogen) atoms. The van der Waals surface area contributed by atoms with Gasteiger partial charge < -0.3 is 23.7 Å². The number of amides is 2. The molecule has 0 aliphatic carbocycles. The van der Waals surface area contributed by atoms with Crippen molar-refractivity contribution in [3.05, 3.63) is 59.4 Å². The molecule has 0 unspecified atom stereocenters. The van der Waals surface area contributed by atoms with E-state index in [-0.39, 0.29) is 11.5 Å². The number of benzene rings is 2. The second kappa shape index (κ2) is 17.7. The van der Waals surface area contributed by atoms with E-state index in [0.29, 0.717) is 72.9 Å². The number of hydrogen-bond donors (Lipinski definition) is 0. The molecular weight excluding hydrogens is 618 g/mol. The summed E-state index contributed by atoms with van der Waals surface area (Å²) in [6.07, 6.45) is 9.00. The molecule has 2 aromatic carbocycles. The van der Waals surface area contributed by atoms with E-state index in [0.717, 1.165) is 49.5 Å². The van der Waals surface area contributed by atoms with E-state index in [1.165, 1.54) is 30.6 Å². The monoisotopic (exact) mass is 669 g/mol. The van der Waals surface area contributed by atoms with Crippen molar-refractivity contribution in [2.45, 2.75) is 72.1 Å². The SMILES string of the molecule is CCCCc1oc2ccc(N(C(=O)N3CCOCC3)S(C)(=O)=O)cc2c1C(=O)c1ccc(OCCCN(CCCC)CCCC)cc1. The summed E-state index contributed by atoms with van der Waals surface area (Å²) in [5.41, 5.74) is 1.47. The molecule has 11 heteroatoms. The lowest BCUT2D eigenvalue weighted by Gasteiger charge is -2.31. The Morgan fingerprint density at radius 3 is 2.13 bits per heavy atom. The van der Waals surface area contributed by atoms with Crippen molar-refractivity contribution in [2.75, 3.05) is 63.1 Å². The van der Waals surface area contributed by atoms with Gasteiger partial charge in [-0.1, -0.05) is 40.0 Å². The summed E-state index contributed by atoms with van der Waals surface area (Å²) < 4.78 is 44.2. The molecule has 0 bridgehead atoms. The largest absolute Gasteiger partial charge is 0.494 e. The summed E-state index contributed by atoms with van der Waals surface area (Å²) >= 11 is 0. The average molecular weight is 670 g/mol. The van der Waals surface area contributed by atoms with Gasteiger partial charge in [-0.3, -0.25) is 4.79 Å². The molecule has 2 heterocycles. The number of furan rings is 1. The Hall–Kier alpha value is -3.41. The number of rotatable bonds is 18. The van der Waals surface area contributed by atoms with Crippen molar-refractivity contribution in [1.82, 2.24) is 9.80 Å². The quantitative estimate of drug-likeness (QED) is 0.106. The first kappa shape index (κ1) is 36.4. The number of sulfonamides is 1. The van der Waals surface area contributed by atoms with E-state index < -0.39 is 16.1 Å². The first-order valence-electron chi connectivity index (χ1n) is 17.1. The Bertz CT molecular complexity index is 1560. The molecule has 3 aromatic rings. The number of unbranched alkanes of at least 4 members (excludes halogenated alkanes) is 3. The maximum Gasteiger partial charge on any atom is 0.338 e. The summed E-state index contributed by atoms with van der Waals surface area (Å²) in [6, 6.07) is 11.2. The van der Waals surface area contributed by atoms with Crippen molar-refractivity contribution in [3.8, 4) is 5.75 Å². The molecular formula is C36H51N3O7S. The van der Waals surface area contributed by atoms with Crippen LogP contribution in [0.5, 0.6) is 5.75 Å². The van der Waals surface area contributed by atoms with E-state index >= 15 is 0 Å². The third-order valence-corrected chi connectivity index (χ3v) is 9.44. The van der Waals surface area contributed by atoms with E-state index in [1.807, 2.05) is 12.1 Å². The predicted molar refractivity (Wildman–Crippen MR) is 186 cm³/mol. The van der Waals surface area contributed by atoms with Crippen LogP contribution in [0.3, 0.4) is 0 Å². The molecule has 0 atom stereocenters. The first-order valence-corrected chi connectivity index (χ1v) is 18.9. The van der Waals surface area contributed by atoms with Crippen LogP contribution in [0.1, 0.15) is 87.4 Å². The van der Waals surface area contributed by atoms with Crippen LogP contribution in [0.15, 0.2) is 46.9 Å². The van der Waals surface area contributed by atoms with E-state index in [9.17, 15) is 18.0 Å². The summed E-state index contributed by atoms with van der Waals surface area (Å²) in [5, 5.41) is 0.470. The average Bonchev–Trinajstić information content (AvgIpc) is 3.43. The highest BCUT2D eigenvalue weighted by Crippen LogP contribution is 2.34. The topological polar surface area (TPSA) is 110 Å². The Kier molecular flexibility index (Phi) is 13.7. The second-order valence-electron chi connectivity index (χ2n) is 12.2. The number of nitrogens with zero attached hydrogens (tertiary/aromatic N) is 3. The number of fused-ring (bicyclic) bond motifs is 1. The maximum absolute atomic E-state index is 14.1. The standard InChI is InChI=1S/C36H51N3O7S/c1-5-8-12-33-34(35(40)28-13-16-30(17-14-28)45-24-11-21-37(19-9-6-2)20-10-7-3)31-27-29(15-18-32(31)46-33)39(47(4,42)43)36(41)38-22-25-44-26-23-38/h13-18,27H,5-12,19-26H2,1-4H3. The molecule has 258 valence electrons. The highest BCUT2D eigenvalue weighted by atomic mass is 32.2. The van der Waals surface area contributed by atoms with Crippen molar-refractivity contribution in [3.63, 3.8) is 0 Å². The van der Waals surface area contributed by atoms with Gasteiger partial charge in [0.25, 0.3) is 0 Å². The molecule has 0 N–H and O–H groups in total. The van der Waals surface area contributed by atoms with Gasteiger partial charge >= 0.3 is 6.03 Å². The molecule has 1 aromatic heterocycles. The van der Waals surface area contributed by atoms with Crippen LogP contribution in [0, 0.1) is 0 Å². The minimum absolute atomic E-state index is 0.153. The van der Waals surface area contributed by atoms with Crippen molar-refractivity contribution >= 4 is 38.5 Å². The van der Waals surface area contributed by atoms with Crippen LogP contribution in [0.2, 0.25) is 0 Å². The van der Waals surface area contributed by atoms with Gasteiger partial charge in [-0.2, -0.15) is 4.31 Å². The van der Waals surface area contributed by atoms with Gasteiger partial charge in [-0.15, -0.1) is 0 Å². The molecule has 1 fully saturated rings. The Morgan fingerprint density at radius 1 is 0.872 bits per heavy atom. The number of morpholine rings is 1. The highest BCUT2D eigenvalue weighted by Gasteiger charge is 2.32. The molecule has 2 amide bonds. The number of ketones is 1. The third kappa shape index (κ3) is 9.81. The van der Waals surface area contributed by atoms with Gasteiger partial charge in [0.15, 0.2) is 5.78 Å². The van der Waals surface area contributed by atoms with Crippen LogP contribution in [0.25, 0.3) is 11.0 Å². The number of urea groups is 1. The van der Waals surface area contributed by atoms with Crippen LogP contribution in [-0.2, 0) is 21.2 Å². The van der Waals surface area contributed by atoms with Crippen LogP contribution in [-0.4, -0.2) is 88.8 Å². The summed E-state index contributed by atoms with van der Waals surface area (Å²) in [5.74, 6) is 1.02. The third-order valence-electron chi connectivity index (χ3n) is 8.41. The zero-order chi connectivity index (χ0) is 33.8. The number of anilines is 1. The predicted octanol–water partition coefficient (Wildman–Crippen LogP) is 6.90. The second-order valence-corrected chi connectivity index (χ2v) is 14.0. The van der Waals surface area contributed by atoms with Crippen LogP contribution >= 0.6 is 0 Å². The lowest BCUT2D eigenvalue weighted by atomic mass is 9.98. The van der Waals surface area contributed by atoms with Gasteiger partial charge in [-0.25, -0.2) is 13.2 Å². The number of aryl methyl sites for hydroxylation is 1. The smallest absolute Gasteiger partial charge is 0.338 e. The van der Waals surface area contributed by atoms with Gasteiger partial charge in [-0.05, 0) is 81.2 Å². The van der Waals surface area contributed by atoms with E-state index in [2.05, 4.69) is 25.7 Å². The summed E-state index contributed by atoms with van der Waals surface area (Å²) in [7, 11) is -3.99. The van der Waals surface area contributed by atoms with Gasteiger partial charge in [0, 0.05) is 37.0 Å². The zero-order valence-electron chi connectivity index (χ0n) is 28.5. The van der Waals surface area contributed by atoms with E-state index in [1.54, 1.807) is 30.3 Å². The molecule has 10 nitrogen and oxygen atoms in total. The molecule has 0 radical (unpaired) electrons. The summed E-state index contributed by atoms with van der Waals surface area (Å²) in [6.45, 7) is 11.6. The fraction of sp³-hybridized carbons (Fsp3) is 0.556. The van der Waals surface area contributed by atoms with E-state index in [4.69, 9.17) is 13.9 Å². The van der Waals surface area contributed by atoms with Gasteiger partial charge in [0.1, 0.15) is 17.1 Å². The molecule has 1 aliphatic heterocycles. The maximum atomic E-state index is 14.1. The number of hydrogen-bond acceptors (Lipinski definition) is 8. The normalized spacial score (nSPS) is 13.8. The van der Waals surface area contributed by atoms with Crippen LogP contribution < -0.4 is 9.04 Å². The Labute approximate surface area is 280 Å². The molecule has 0 spiro atoms. The molecule has 4 rings (SSSR count). The zero-order valence-corrected chi connectivity index (χ0v) is 29.3. The fourth-order valence-corrected chi connectivity index (χ4v) is 6.67. The van der Waals surface area contributed by atoms with Gasteiger partial charge in [0.05, 0.1) is 37.3 Å². The Morgan fingerprint density at radius 2 is 1.51 bits per heavy atom. The van der Waals surface area contributed by atoms with Crippen molar-refractivity contribution < 1.29 is 31.9 Å². The van der Waals surface area contributed by atoms with Gasteiger partial charge in [0.2, 0.25) is 10.0 Å². The van der Waals surface area contributed by atoms with Crippen molar-refractivity contribution in [1.29, 1.82) is 0 Å². The Balaban J connectivity index is 1.55. The molecule has 1 saturated heterocycles. The first-order chi connectivity index (χ1) is 22.7.